The summed E-state index contributed by atoms with van der Waals surface area (Å²) in [6, 6.07) is 13.5. The Morgan fingerprint density at radius 1 is 1.00 bits per heavy atom. The van der Waals surface area contributed by atoms with Gasteiger partial charge in [-0.15, -0.1) is 0 Å². The predicted molar refractivity (Wildman–Crippen MR) is 175 cm³/mol. The predicted octanol–water partition coefficient (Wildman–Crippen LogP) is 5.46. The molecule has 0 spiro atoms. The fourth-order valence-corrected chi connectivity index (χ4v) is 6.09. The van der Waals surface area contributed by atoms with Gasteiger partial charge in [-0.25, -0.2) is 4.79 Å². The van der Waals surface area contributed by atoms with E-state index in [-0.39, 0.29) is 41.3 Å². The van der Waals surface area contributed by atoms with Crippen molar-refractivity contribution in [3.05, 3.63) is 65.2 Å². The molecule has 1 saturated heterocycles. The van der Waals surface area contributed by atoms with Gasteiger partial charge in [-0.2, -0.15) is 13.2 Å². The zero-order chi connectivity index (χ0) is 36.0. The van der Waals surface area contributed by atoms with Crippen LogP contribution in [0.2, 0.25) is 0 Å². The number of ketones is 1. The third-order valence-electron chi connectivity index (χ3n) is 8.24. The number of alkyl halides is 3. The van der Waals surface area contributed by atoms with Gasteiger partial charge < -0.3 is 25.0 Å². The van der Waals surface area contributed by atoms with E-state index >= 15 is 0 Å². The Balaban J connectivity index is 0.000000804. The molecule has 48 heavy (non-hydrogen) atoms. The van der Waals surface area contributed by atoms with E-state index in [1.54, 1.807) is 4.90 Å². The smallest absolute Gasteiger partial charge is 0.490 e. The first kappa shape index (κ1) is 38.5. The van der Waals surface area contributed by atoms with Gasteiger partial charge in [0.25, 0.3) is 0 Å². The molecule has 2 aliphatic rings. The standard InChI is InChI=1S/C34H47N3O4.C2HF3O2/c1-22(2)18-28-32(39)35-30(26-19-24-10-8-9-11-25(24)20-26)33(40)37(28)31(29(38)21-34(3,4)5)23-12-14-27(15-13-23)41-17-16-36(6)7;3-2(4,5)1(6)7/h8-15,22,26,28,30-31H,16-21H2,1-7H3,(H,35,39);(H,6,7)/t28-,30-,31-;/m1./s1. The molecule has 2 amide bonds. The summed E-state index contributed by atoms with van der Waals surface area (Å²) >= 11 is 0. The topological polar surface area (TPSA) is 116 Å². The number of benzene rings is 2. The van der Waals surface area contributed by atoms with Gasteiger partial charge in [0.1, 0.15) is 30.5 Å². The van der Waals surface area contributed by atoms with Crippen molar-refractivity contribution in [1.29, 1.82) is 0 Å². The number of amides is 2. The summed E-state index contributed by atoms with van der Waals surface area (Å²) in [5.74, 6) is -2.31. The summed E-state index contributed by atoms with van der Waals surface area (Å²) in [6.07, 6.45) is -2.84. The third kappa shape index (κ3) is 10.5. The second-order valence-electron chi connectivity index (χ2n) is 14.4. The number of carbonyl (C=O) groups excluding carboxylic acids is 3. The lowest BCUT2D eigenvalue weighted by Gasteiger charge is -2.45. The fraction of sp³-hybridized carbons (Fsp3) is 0.556. The van der Waals surface area contributed by atoms with E-state index in [2.05, 4.69) is 22.3 Å². The maximum absolute atomic E-state index is 14.5. The normalized spacial score (nSPS) is 19.0. The second kappa shape index (κ2) is 16.0. The number of nitrogens with zero attached hydrogens (tertiary/aromatic N) is 2. The molecule has 1 aliphatic heterocycles. The number of aliphatic carboxylic acids is 1. The lowest BCUT2D eigenvalue weighted by molar-refractivity contribution is -0.192. The number of carbonyl (C=O) groups is 4. The van der Waals surface area contributed by atoms with Crippen molar-refractivity contribution in [3.8, 4) is 5.75 Å². The molecule has 3 atom stereocenters. The van der Waals surface area contributed by atoms with Crippen LogP contribution in [0.1, 0.15) is 70.2 Å². The van der Waals surface area contributed by atoms with Gasteiger partial charge in [-0.05, 0) is 79.4 Å². The molecule has 9 nitrogen and oxygen atoms in total. The molecule has 264 valence electrons. The van der Waals surface area contributed by atoms with Crippen molar-refractivity contribution in [1.82, 2.24) is 15.1 Å². The third-order valence-corrected chi connectivity index (χ3v) is 8.24. The molecule has 0 aromatic heterocycles. The van der Waals surface area contributed by atoms with Gasteiger partial charge in [-0.1, -0.05) is 71.0 Å². The number of Topliss-reactive ketones (excluding diaryl/α,β-unsaturated/α-hetero) is 1. The minimum Gasteiger partial charge on any atom is -0.492 e. The Hall–Kier alpha value is -3.93. The van der Waals surface area contributed by atoms with Crippen LogP contribution in [0.4, 0.5) is 13.2 Å². The number of carboxylic acid groups (broad SMARTS) is 1. The van der Waals surface area contributed by atoms with E-state index in [9.17, 15) is 27.6 Å². The quantitative estimate of drug-likeness (QED) is 0.325. The number of fused-ring (bicyclic) bond motifs is 1. The number of nitrogens with one attached hydrogen (secondary N) is 1. The van der Waals surface area contributed by atoms with Crippen molar-refractivity contribution >= 4 is 23.6 Å². The first-order valence-corrected chi connectivity index (χ1v) is 16.2. The molecule has 1 aliphatic carbocycles. The minimum absolute atomic E-state index is 0.0443. The molecule has 2 aromatic carbocycles. The van der Waals surface area contributed by atoms with Crippen LogP contribution in [0.25, 0.3) is 0 Å². The molecule has 1 heterocycles. The fourth-order valence-electron chi connectivity index (χ4n) is 6.09. The molecule has 4 rings (SSSR count). The highest BCUT2D eigenvalue weighted by Gasteiger charge is 2.49. The van der Waals surface area contributed by atoms with E-state index < -0.39 is 30.3 Å². The molecular weight excluding hydrogens is 627 g/mol. The van der Waals surface area contributed by atoms with Gasteiger partial charge in [0.15, 0.2) is 5.78 Å². The van der Waals surface area contributed by atoms with Gasteiger partial charge in [0, 0.05) is 13.0 Å². The van der Waals surface area contributed by atoms with Crippen LogP contribution >= 0.6 is 0 Å². The van der Waals surface area contributed by atoms with Crippen LogP contribution < -0.4 is 10.1 Å². The van der Waals surface area contributed by atoms with E-state index in [0.717, 1.165) is 19.4 Å². The maximum atomic E-state index is 14.5. The summed E-state index contributed by atoms with van der Waals surface area (Å²) < 4.78 is 37.6. The molecule has 0 unspecified atom stereocenters. The lowest BCUT2D eigenvalue weighted by atomic mass is 9.83. The molecule has 1 fully saturated rings. The molecule has 2 aromatic rings. The molecule has 2 N–H and O–H groups in total. The van der Waals surface area contributed by atoms with Crippen molar-refractivity contribution < 1.29 is 42.2 Å². The number of rotatable bonds is 11. The summed E-state index contributed by atoms with van der Waals surface area (Å²) in [6.45, 7) is 11.5. The largest absolute Gasteiger partial charge is 0.492 e. The number of hydrogen-bond donors (Lipinski definition) is 2. The number of ether oxygens (including phenoxy) is 1. The highest BCUT2D eigenvalue weighted by molar-refractivity contribution is 6.00. The zero-order valence-corrected chi connectivity index (χ0v) is 28.8. The van der Waals surface area contributed by atoms with Crippen molar-refractivity contribution in [2.75, 3.05) is 27.2 Å². The van der Waals surface area contributed by atoms with E-state index in [4.69, 9.17) is 14.6 Å². The Labute approximate surface area is 280 Å². The van der Waals surface area contributed by atoms with Crippen LogP contribution in [0.5, 0.6) is 5.75 Å². The van der Waals surface area contributed by atoms with Crippen molar-refractivity contribution in [3.63, 3.8) is 0 Å². The number of carboxylic acids is 1. The number of hydrogen-bond acceptors (Lipinski definition) is 6. The number of likely N-dealkylation sites (N-methyl/N-ethyl adjacent to an activating group) is 1. The number of piperazine rings is 1. The van der Waals surface area contributed by atoms with E-state index in [0.29, 0.717) is 24.3 Å². The van der Waals surface area contributed by atoms with E-state index in [1.165, 1.54) is 11.1 Å². The highest BCUT2D eigenvalue weighted by Crippen LogP contribution is 2.37. The summed E-state index contributed by atoms with van der Waals surface area (Å²) in [4.78, 5) is 55.0. The molecule has 0 radical (unpaired) electrons. The van der Waals surface area contributed by atoms with Crippen LogP contribution in [0, 0.1) is 17.3 Å². The molecule has 0 bridgehead atoms. The van der Waals surface area contributed by atoms with Crippen molar-refractivity contribution in [2.24, 2.45) is 17.3 Å². The SMILES string of the molecule is CC(C)C[C@@H]1C(=O)N[C@H](C2Cc3ccccc3C2)C(=O)N1[C@@H](C(=O)CC(C)(C)C)c1ccc(OCCN(C)C)cc1.O=C(O)C(F)(F)F. The van der Waals surface area contributed by atoms with E-state index in [1.807, 2.05) is 85.1 Å². The average Bonchev–Trinajstić information content (AvgIpc) is 3.40. The summed E-state index contributed by atoms with van der Waals surface area (Å²) in [5.41, 5.74) is 2.89. The van der Waals surface area contributed by atoms with Gasteiger partial charge in [0.05, 0.1) is 0 Å². The molecular formula is C36H48F3N3O6. The Morgan fingerprint density at radius 3 is 2.00 bits per heavy atom. The molecule has 12 heteroatoms. The molecule has 0 saturated carbocycles. The zero-order valence-electron chi connectivity index (χ0n) is 28.8. The van der Waals surface area contributed by atoms with Crippen LogP contribution in [0.3, 0.4) is 0 Å². The lowest BCUT2D eigenvalue weighted by Crippen LogP contribution is -2.66. The first-order valence-electron chi connectivity index (χ1n) is 16.2. The minimum atomic E-state index is -5.08. The average molecular weight is 676 g/mol. The summed E-state index contributed by atoms with van der Waals surface area (Å²) in [7, 11) is 3.99. The monoisotopic (exact) mass is 675 g/mol. The van der Waals surface area contributed by atoms with Gasteiger partial charge >= 0.3 is 12.1 Å². The van der Waals surface area contributed by atoms with Gasteiger partial charge in [-0.3, -0.25) is 14.4 Å². The van der Waals surface area contributed by atoms with Crippen LogP contribution in [-0.2, 0) is 32.0 Å². The number of halogens is 3. The van der Waals surface area contributed by atoms with Crippen LogP contribution in [0.15, 0.2) is 48.5 Å². The Kier molecular flexibility index (Phi) is 12.8. The van der Waals surface area contributed by atoms with Gasteiger partial charge in [0.2, 0.25) is 11.8 Å². The summed E-state index contributed by atoms with van der Waals surface area (Å²) in [5, 5.41) is 10.2. The maximum Gasteiger partial charge on any atom is 0.490 e. The highest BCUT2D eigenvalue weighted by atomic mass is 19.4. The Morgan fingerprint density at radius 2 is 1.54 bits per heavy atom. The van der Waals surface area contributed by atoms with Crippen molar-refractivity contribution in [2.45, 2.75) is 84.6 Å². The Bertz CT molecular complexity index is 1410. The first-order chi connectivity index (χ1) is 22.3. The second-order valence-corrected chi connectivity index (χ2v) is 14.4. The van der Waals surface area contributed by atoms with Crippen LogP contribution in [-0.4, -0.2) is 84.0 Å².